The Bertz CT molecular complexity index is 333. The quantitative estimate of drug-likeness (QED) is 0.549. The Morgan fingerprint density at radius 3 is 2.94 bits per heavy atom. The van der Waals surface area contributed by atoms with Crippen molar-refractivity contribution in [2.24, 2.45) is 0 Å². The van der Waals surface area contributed by atoms with Crippen LogP contribution >= 0.6 is 0 Å². The molecule has 0 amide bonds. The van der Waals surface area contributed by atoms with E-state index < -0.39 is 0 Å². The minimum absolute atomic E-state index is 0.549. The molecule has 0 saturated heterocycles. The second-order valence-corrected chi connectivity index (χ2v) is 4.42. The Labute approximate surface area is 105 Å². The Balaban J connectivity index is 2.26. The maximum absolute atomic E-state index is 5.71. The third-order valence-electron chi connectivity index (χ3n) is 2.58. The summed E-state index contributed by atoms with van der Waals surface area (Å²) in [6.07, 6.45) is 2.88. The first-order valence-corrected chi connectivity index (χ1v) is 6.28. The zero-order valence-corrected chi connectivity index (χ0v) is 10.9. The highest BCUT2D eigenvalue weighted by Gasteiger charge is 2.00. The molecule has 0 aliphatic rings. The van der Waals surface area contributed by atoms with Crippen molar-refractivity contribution in [2.75, 3.05) is 19.7 Å². The van der Waals surface area contributed by atoms with Gasteiger partial charge in [-0.05, 0) is 36.6 Å². The summed E-state index contributed by atoms with van der Waals surface area (Å²) in [5.74, 6) is 1.52. The molecule has 0 bridgehead atoms. The molecule has 0 unspecified atom stereocenters. The van der Waals surface area contributed by atoms with E-state index in [4.69, 9.17) is 4.74 Å². The lowest BCUT2D eigenvalue weighted by atomic mass is 10.0. The molecule has 94 valence electrons. The maximum atomic E-state index is 5.71. The van der Waals surface area contributed by atoms with Crippen LogP contribution in [0.5, 0.6) is 5.75 Å². The first-order chi connectivity index (χ1) is 8.24. The van der Waals surface area contributed by atoms with Gasteiger partial charge in [-0.15, -0.1) is 6.58 Å². The lowest BCUT2D eigenvalue weighted by molar-refractivity contribution is 0.308. The fourth-order valence-corrected chi connectivity index (χ4v) is 1.55. The van der Waals surface area contributed by atoms with Gasteiger partial charge in [0.05, 0.1) is 6.61 Å². The van der Waals surface area contributed by atoms with Crippen molar-refractivity contribution in [3.63, 3.8) is 0 Å². The second-order valence-electron chi connectivity index (χ2n) is 4.42. The van der Waals surface area contributed by atoms with Crippen LogP contribution in [0.25, 0.3) is 0 Å². The third-order valence-corrected chi connectivity index (χ3v) is 2.58. The van der Waals surface area contributed by atoms with Gasteiger partial charge in [0.15, 0.2) is 0 Å². The second kappa shape index (κ2) is 7.91. The number of benzene rings is 1. The van der Waals surface area contributed by atoms with Crippen LogP contribution < -0.4 is 10.1 Å². The Morgan fingerprint density at radius 2 is 2.24 bits per heavy atom. The average molecular weight is 233 g/mol. The van der Waals surface area contributed by atoms with E-state index in [0.29, 0.717) is 5.92 Å². The van der Waals surface area contributed by atoms with Crippen molar-refractivity contribution < 1.29 is 4.74 Å². The van der Waals surface area contributed by atoms with E-state index in [1.54, 1.807) is 0 Å². The first kappa shape index (κ1) is 13.8. The molecule has 0 aliphatic carbocycles. The Morgan fingerprint density at radius 1 is 1.41 bits per heavy atom. The van der Waals surface area contributed by atoms with E-state index in [1.165, 1.54) is 5.56 Å². The summed E-state index contributed by atoms with van der Waals surface area (Å²) < 4.78 is 5.71. The van der Waals surface area contributed by atoms with E-state index in [9.17, 15) is 0 Å². The summed E-state index contributed by atoms with van der Waals surface area (Å²) in [5.41, 5.74) is 1.33. The summed E-state index contributed by atoms with van der Waals surface area (Å²) in [6.45, 7) is 10.6. The molecular formula is C15H23NO. The SMILES string of the molecule is C=CCNCCCOc1cccc(C(C)C)c1. The van der Waals surface area contributed by atoms with Crippen LogP contribution in [-0.4, -0.2) is 19.7 Å². The van der Waals surface area contributed by atoms with E-state index in [0.717, 1.165) is 31.9 Å². The topological polar surface area (TPSA) is 21.3 Å². The van der Waals surface area contributed by atoms with E-state index >= 15 is 0 Å². The molecule has 2 heteroatoms. The van der Waals surface area contributed by atoms with Gasteiger partial charge in [0.1, 0.15) is 5.75 Å². The molecule has 1 aromatic rings. The molecule has 17 heavy (non-hydrogen) atoms. The molecule has 0 heterocycles. The standard InChI is InChI=1S/C15H23NO/c1-4-9-16-10-6-11-17-15-8-5-7-14(12-15)13(2)3/h4-5,7-8,12-13,16H,1,6,9-11H2,2-3H3. The molecule has 0 fully saturated rings. The van der Waals surface area contributed by atoms with Gasteiger partial charge in [-0.1, -0.05) is 32.1 Å². The summed E-state index contributed by atoms with van der Waals surface area (Å²) in [5, 5.41) is 3.25. The van der Waals surface area contributed by atoms with Crippen LogP contribution in [0.15, 0.2) is 36.9 Å². The van der Waals surface area contributed by atoms with Gasteiger partial charge in [0.2, 0.25) is 0 Å². The Hall–Kier alpha value is -1.28. The highest BCUT2D eigenvalue weighted by molar-refractivity contribution is 5.30. The van der Waals surface area contributed by atoms with Gasteiger partial charge in [-0.2, -0.15) is 0 Å². The number of ether oxygens (including phenoxy) is 1. The third kappa shape index (κ3) is 5.55. The number of rotatable bonds is 8. The highest BCUT2D eigenvalue weighted by Crippen LogP contribution is 2.20. The number of hydrogen-bond donors (Lipinski definition) is 1. The van der Waals surface area contributed by atoms with Crippen molar-refractivity contribution in [3.05, 3.63) is 42.5 Å². The monoisotopic (exact) mass is 233 g/mol. The van der Waals surface area contributed by atoms with Crippen LogP contribution in [0.2, 0.25) is 0 Å². The van der Waals surface area contributed by atoms with Crippen LogP contribution in [0, 0.1) is 0 Å². The minimum atomic E-state index is 0.549. The molecule has 0 radical (unpaired) electrons. The molecule has 0 spiro atoms. The molecule has 1 aromatic carbocycles. The van der Waals surface area contributed by atoms with Crippen LogP contribution in [-0.2, 0) is 0 Å². The average Bonchev–Trinajstić information content (AvgIpc) is 2.34. The summed E-state index contributed by atoms with van der Waals surface area (Å²) >= 11 is 0. The molecule has 0 atom stereocenters. The van der Waals surface area contributed by atoms with Crippen LogP contribution in [0.4, 0.5) is 0 Å². The molecule has 1 N–H and O–H groups in total. The van der Waals surface area contributed by atoms with Gasteiger partial charge in [-0.3, -0.25) is 0 Å². The van der Waals surface area contributed by atoms with E-state index in [2.05, 4.69) is 43.9 Å². The van der Waals surface area contributed by atoms with Gasteiger partial charge in [0.25, 0.3) is 0 Å². The lowest BCUT2D eigenvalue weighted by Crippen LogP contribution is -2.17. The summed E-state index contributed by atoms with van der Waals surface area (Å²) in [7, 11) is 0. The zero-order chi connectivity index (χ0) is 12.5. The van der Waals surface area contributed by atoms with Gasteiger partial charge in [0, 0.05) is 6.54 Å². The van der Waals surface area contributed by atoms with Gasteiger partial charge in [-0.25, -0.2) is 0 Å². The van der Waals surface area contributed by atoms with Crippen molar-refractivity contribution >= 4 is 0 Å². The summed E-state index contributed by atoms with van der Waals surface area (Å²) in [4.78, 5) is 0. The predicted molar refractivity (Wildman–Crippen MR) is 73.7 cm³/mol. The van der Waals surface area contributed by atoms with Crippen LogP contribution in [0.1, 0.15) is 31.7 Å². The fourth-order valence-electron chi connectivity index (χ4n) is 1.55. The van der Waals surface area contributed by atoms with Crippen molar-refractivity contribution in [2.45, 2.75) is 26.2 Å². The summed E-state index contributed by atoms with van der Waals surface area (Å²) in [6, 6.07) is 8.34. The molecule has 2 nitrogen and oxygen atoms in total. The van der Waals surface area contributed by atoms with Gasteiger partial charge >= 0.3 is 0 Å². The normalized spacial score (nSPS) is 10.5. The zero-order valence-electron chi connectivity index (χ0n) is 10.9. The van der Waals surface area contributed by atoms with Crippen molar-refractivity contribution in [1.82, 2.24) is 5.32 Å². The molecule has 0 aromatic heterocycles. The number of nitrogens with one attached hydrogen (secondary N) is 1. The fraction of sp³-hybridized carbons (Fsp3) is 0.467. The van der Waals surface area contributed by atoms with Crippen molar-refractivity contribution in [3.8, 4) is 5.75 Å². The Kier molecular flexibility index (Phi) is 6.41. The minimum Gasteiger partial charge on any atom is -0.494 e. The van der Waals surface area contributed by atoms with Crippen molar-refractivity contribution in [1.29, 1.82) is 0 Å². The first-order valence-electron chi connectivity index (χ1n) is 6.28. The predicted octanol–water partition coefficient (Wildman–Crippen LogP) is 3.35. The maximum Gasteiger partial charge on any atom is 0.119 e. The molecule has 0 saturated carbocycles. The smallest absolute Gasteiger partial charge is 0.119 e. The highest BCUT2D eigenvalue weighted by atomic mass is 16.5. The van der Waals surface area contributed by atoms with E-state index in [-0.39, 0.29) is 0 Å². The van der Waals surface area contributed by atoms with Crippen LogP contribution in [0.3, 0.4) is 0 Å². The van der Waals surface area contributed by atoms with E-state index in [1.807, 2.05) is 12.1 Å². The largest absolute Gasteiger partial charge is 0.494 e. The molecule has 0 aliphatic heterocycles. The van der Waals surface area contributed by atoms with Gasteiger partial charge < -0.3 is 10.1 Å². The molecule has 1 rings (SSSR count). The number of hydrogen-bond acceptors (Lipinski definition) is 2. The molecular weight excluding hydrogens is 210 g/mol. The lowest BCUT2D eigenvalue weighted by Gasteiger charge is -2.10.